The zero-order valence-corrected chi connectivity index (χ0v) is 18.9. The first-order valence-electron chi connectivity index (χ1n) is 10.5. The maximum absolute atomic E-state index is 12.4. The van der Waals surface area contributed by atoms with E-state index >= 15 is 0 Å². The van der Waals surface area contributed by atoms with E-state index in [0.29, 0.717) is 18.9 Å². The number of hydrogen-bond donors (Lipinski definition) is 2. The second-order valence-electron chi connectivity index (χ2n) is 7.74. The Bertz CT molecular complexity index is 835. The summed E-state index contributed by atoms with van der Waals surface area (Å²) in [6, 6.07) is 10.3. The van der Waals surface area contributed by atoms with Crippen molar-refractivity contribution in [2.45, 2.75) is 26.3 Å². The lowest BCUT2D eigenvalue weighted by Crippen LogP contribution is -2.40. The molecule has 1 amide bonds. The molecule has 0 bridgehead atoms. The maximum atomic E-state index is 12.4. The van der Waals surface area contributed by atoms with E-state index < -0.39 is 0 Å². The number of thiazole rings is 1. The number of hydrogen-bond acceptors (Lipinski definition) is 5. The van der Waals surface area contributed by atoms with Crippen LogP contribution in [0.3, 0.4) is 0 Å². The summed E-state index contributed by atoms with van der Waals surface area (Å²) in [6.07, 6.45) is 1.50. The number of nitrogens with one attached hydrogen (secondary N) is 2. The smallest absolute Gasteiger partial charge is 0.223 e. The van der Waals surface area contributed by atoms with Gasteiger partial charge in [0.15, 0.2) is 11.1 Å². The Morgan fingerprint density at radius 2 is 2.10 bits per heavy atom. The van der Waals surface area contributed by atoms with Gasteiger partial charge in [-0.25, -0.2) is 9.98 Å². The number of likely N-dealkylation sites (tertiary alicyclic amines) is 1. The van der Waals surface area contributed by atoms with Crippen molar-refractivity contribution in [1.82, 2.24) is 20.5 Å². The van der Waals surface area contributed by atoms with Gasteiger partial charge in [0.1, 0.15) is 0 Å². The van der Waals surface area contributed by atoms with Crippen LogP contribution < -0.4 is 15.5 Å². The van der Waals surface area contributed by atoms with E-state index in [0.717, 1.165) is 49.4 Å². The molecule has 30 heavy (non-hydrogen) atoms. The van der Waals surface area contributed by atoms with Gasteiger partial charge in [-0.2, -0.15) is 0 Å². The van der Waals surface area contributed by atoms with Crippen LogP contribution in [0.25, 0.3) is 0 Å². The summed E-state index contributed by atoms with van der Waals surface area (Å²) in [4.78, 5) is 25.6. The fourth-order valence-corrected chi connectivity index (χ4v) is 4.18. The first-order chi connectivity index (χ1) is 14.5. The van der Waals surface area contributed by atoms with Gasteiger partial charge in [-0.15, -0.1) is 11.3 Å². The molecule has 1 aliphatic heterocycles. The average Bonchev–Trinajstić information content (AvgIpc) is 3.36. The number of anilines is 1. The molecule has 8 heteroatoms. The molecule has 3 rings (SSSR count). The molecule has 1 atom stereocenters. The molecule has 7 nitrogen and oxygen atoms in total. The topological polar surface area (TPSA) is 72.9 Å². The highest BCUT2D eigenvalue weighted by Crippen LogP contribution is 2.19. The van der Waals surface area contributed by atoms with Crippen molar-refractivity contribution in [3.05, 3.63) is 47.0 Å². The normalized spacial score (nSPS) is 16.8. The van der Waals surface area contributed by atoms with Crippen molar-refractivity contribution >= 4 is 28.3 Å². The van der Waals surface area contributed by atoms with Crippen LogP contribution in [-0.2, 0) is 17.8 Å². The molecule has 2 heterocycles. The third kappa shape index (κ3) is 6.45. The first kappa shape index (κ1) is 22.1. The highest BCUT2D eigenvalue weighted by atomic mass is 32.1. The lowest BCUT2D eigenvalue weighted by atomic mass is 10.1. The average molecular weight is 429 g/mol. The molecule has 2 N–H and O–H groups in total. The van der Waals surface area contributed by atoms with E-state index in [4.69, 9.17) is 0 Å². The summed E-state index contributed by atoms with van der Waals surface area (Å²) in [5.74, 6) is 1.32. The minimum atomic E-state index is 0.248. The van der Waals surface area contributed by atoms with Gasteiger partial charge in [0.05, 0.1) is 12.2 Å². The first-order valence-corrected chi connectivity index (χ1v) is 11.4. The molecule has 1 aromatic carbocycles. The summed E-state index contributed by atoms with van der Waals surface area (Å²) in [6.45, 7) is 5.70. The molecule has 0 radical (unpaired) electrons. The fourth-order valence-electron chi connectivity index (χ4n) is 3.43. The summed E-state index contributed by atoms with van der Waals surface area (Å²) >= 11 is 1.62. The Morgan fingerprint density at radius 3 is 2.80 bits per heavy atom. The SMILES string of the molecule is CCNC(=NCc1csc(N(C)C)n1)NCC1CC(=O)N(CCc2ccccc2)C1. The van der Waals surface area contributed by atoms with Crippen molar-refractivity contribution in [2.75, 3.05) is 45.2 Å². The molecule has 1 aromatic heterocycles. The summed E-state index contributed by atoms with van der Waals surface area (Å²) in [7, 11) is 3.98. The molecule has 1 unspecified atom stereocenters. The van der Waals surface area contributed by atoms with Gasteiger partial charge in [0.25, 0.3) is 0 Å². The molecule has 2 aromatic rings. The highest BCUT2D eigenvalue weighted by molar-refractivity contribution is 7.13. The van der Waals surface area contributed by atoms with Gasteiger partial charge < -0.3 is 20.4 Å². The third-order valence-electron chi connectivity index (χ3n) is 5.03. The predicted molar refractivity (Wildman–Crippen MR) is 124 cm³/mol. The van der Waals surface area contributed by atoms with Crippen LogP contribution in [0.1, 0.15) is 24.6 Å². The molecule has 162 valence electrons. The zero-order valence-electron chi connectivity index (χ0n) is 18.1. The Hall–Kier alpha value is -2.61. The van der Waals surface area contributed by atoms with E-state index in [9.17, 15) is 4.79 Å². The van der Waals surface area contributed by atoms with Crippen molar-refractivity contribution < 1.29 is 4.79 Å². The maximum Gasteiger partial charge on any atom is 0.223 e. The number of amides is 1. The van der Waals surface area contributed by atoms with Gasteiger partial charge in [0.2, 0.25) is 5.91 Å². The van der Waals surface area contributed by atoms with E-state index in [1.54, 1.807) is 11.3 Å². The van der Waals surface area contributed by atoms with Crippen molar-refractivity contribution in [3.8, 4) is 0 Å². The van der Waals surface area contributed by atoms with Crippen LogP contribution in [-0.4, -0.2) is 62.0 Å². The quantitative estimate of drug-likeness (QED) is 0.474. The summed E-state index contributed by atoms with van der Waals surface area (Å²) < 4.78 is 0. The monoisotopic (exact) mass is 428 g/mol. The second kappa shape index (κ2) is 11.0. The third-order valence-corrected chi connectivity index (χ3v) is 6.09. The van der Waals surface area contributed by atoms with Crippen molar-refractivity contribution in [3.63, 3.8) is 0 Å². The molecule has 1 aliphatic rings. The largest absolute Gasteiger partial charge is 0.357 e. The van der Waals surface area contributed by atoms with Crippen LogP contribution in [0, 0.1) is 5.92 Å². The summed E-state index contributed by atoms with van der Waals surface area (Å²) in [5.41, 5.74) is 2.23. The number of carbonyl (C=O) groups is 1. The minimum Gasteiger partial charge on any atom is -0.357 e. The standard InChI is InChI=1S/C22H32N6OS/c1-4-23-21(25-14-19-16-30-22(26-19)27(2)3)24-13-18-12-20(29)28(15-18)11-10-17-8-6-5-7-9-17/h5-9,16,18H,4,10-15H2,1-3H3,(H2,23,24,25). The number of benzene rings is 1. The number of aliphatic imine (C=N–C) groups is 1. The number of aromatic nitrogens is 1. The molecular formula is C22H32N6OS. The molecular weight excluding hydrogens is 396 g/mol. The molecule has 1 saturated heterocycles. The Kier molecular flexibility index (Phi) is 8.07. The molecule has 1 fully saturated rings. The van der Waals surface area contributed by atoms with Gasteiger partial charge in [-0.3, -0.25) is 4.79 Å². The van der Waals surface area contributed by atoms with Crippen LogP contribution in [0.15, 0.2) is 40.7 Å². The minimum absolute atomic E-state index is 0.248. The Morgan fingerprint density at radius 1 is 1.30 bits per heavy atom. The van der Waals surface area contributed by atoms with E-state index in [2.05, 4.69) is 39.7 Å². The number of rotatable bonds is 9. The van der Waals surface area contributed by atoms with Gasteiger partial charge in [-0.1, -0.05) is 30.3 Å². The van der Waals surface area contributed by atoms with Crippen LogP contribution in [0.4, 0.5) is 5.13 Å². The summed E-state index contributed by atoms with van der Waals surface area (Å²) in [5, 5.41) is 9.71. The number of nitrogens with zero attached hydrogens (tertiary/aromatic N) is 4. The number of guanidine groups is 1. The van der Waals surface area contributed by atoms with Crippen molar-refractivity contribution in [1.29, 1.82) is 0 Å². The molecule has 0 spiro atoms. The Balaban J connectivity index is 1.47. The van der Waals surface area contributed by atoms with E-state index in [1.165, 1.54) is 5.56 Å². The number of carbonyl (C=O) groups excluding carboxylic acids is 1. The van der Waals surface area contributed by atoms with Crippen LogP contribution >= 0.6 is 11.3 Å². The van der Waals surface area contributed by atoms with E-state index in [-0.39, 0.29) is 5.91 Å². The Labute approximate surface area is 183 Å². The van der Waals surface area contributed by atoms with E-state index in [1.807, 2.05) is 47.5 Å². The van der Waals surface area contributed by atoms with Crippen molar-refractivity contribution in [2.24, 2.45) is 10.9 Å². The highest BCUT2D eigenvalue weighted by Gasteiger charge is 2.29. The predicted octanol–water partition coefficient (Wildman–Crippen LogP) is 2.36. The van der Waals surface area contributed by atoms with Gasteiger partial charge in [-0.05, 0) is 18.9 Å². The zero-order chi connectivity index (χ0) is 21.3. The van der Waals surface area contributed by atoms with Gasteiger partial charge >= 0.3 is 0 Å². The lowest BCUT2D eigenvalue weighted by Gasteiger charge is -2.18. The van der Waals surface area contributed by atoms with Crippen LogP contribution in [0.5, 0.6) is 0 Å². The van der Waals surface area contributed by atoms with Crippen LogP contribution in [0.2, 0.25) is 0 Å². The molecule has 0 aliphatic carbocycles. The molecule has 0 saturated carbocycles. The second-order valence-corrected chi connectivity index (χ2v) is 8.57. The lowest BCUT2D eigenvalue weighted by molar-refractivity contribution is -0.127. The van der Waals surface area contributed by atoms with Gasteiger partial charge in [0, 0.05) is 58.0 Å². The fraction of sp³-hybridized carbons (Fsp3) is 0.500.